The summed E-state index contributed by atoms with van der Waals surface area (Å²) in [6, 6.07) is 0. The van der Waals surface area contributed by atoms with Gasteiger partial charge >= 0.3 is 0 Å². The monoisotopic (exact) mass is 242 g/mol. The highest BCUT2D eigenvalue weighted by Crippen LogP contribution is 2.25. The molecule has 1 rings (SSSR count). The number of nitrogens with one attached hydrogen (secondary N) is 2. The summed E-state index contributed by atoms with van der Waals surface area (Å²) >= 11 is 0. The van der Waals surface area contributed by atoms with Crippen LogP contribution in [0.3, 0.4) is 0 Å². The molecule has 1 unspecified atom stereocenters. The van der Waals surface area contributed by atoms with Gasteiger partial charge < -0.3 is 15.7 Å². The van der Waals surface area contributed by atoms with Gasteiger partial charge in [-0.2, -0.15) is 0 Å². The molecule has 0 bridgehead atoms. The normalized spacial score (nSPS) is 20.5. The average Bonchev–Trinajstić information content (AvgIpc) is 2.08. The lowest BCUT2D eigenvalue weighted by atomic mass is 9.84. The second kappa shape index (κ2) is 5.36. The standard InChI is InChI=1S/C13H26N2O2/c1-10(6-12(2,3)4)5-11(16)15-9-13(17)7-14-8-13/h10,14,17H,5-9H2,1-4H3,(H,15,16). The Hall–Kier alpha value is -0.610. The van der Waals surface area contributed by atoms with Gasteiger partial charge in [0.2, 0.25) is 5.91 Å². The minimum absolute atomic E-state index is 0.0436. The first-order valence-electron chi connectivity index (χ1n) is 6.40. The molecule has 0 aromatic carbocycles. The van der Waals surface area contributed by atoms with E-state index in [0.717, 1.165) is 6.42 Å². The van der Waals surface area contributed by atoms with Crippen LogP contribution >= 0.6 is 0 Å². The molecule has 0 aromatic rings. The van der Waals surface area contributed by atoms with Gasteiger partial charge in [0.1, 0.15) is 5.60 Å². The molecule has 1 aliphatic rings. The molecule has 0 spiro atoms. The SMILES string of the molecule is CC(CC(=O)NCC1(O)CNC1)CC(C)(C)C. The van der Waals surface area contributed by atoms with Gasteiger partial charge in [-0.1, -0.05) is 27.7 Å². The molecule has 1 heterocycles. The molecule has 1 amide bonds. The molecule has 0 radical (unpaired) electrons. The zero-order valence-corrected chi connectivity index (χ0v) is 11.5. The fraction of sp³-hybridized carbons (Fsp3) is 0.923. The quantitative estimate of drug-likeness (QED) is 0.671. The van der Waals surface area contributed by atoms with Crippen LogP contribution in [0.5, 0.6) is 0 Å². The van der Waals surface area contributed by atoms with Crippen molar-refractivity contribution in [2.24, 2.45) is 11.3 Å². The molecule has 17 heavy (non-hydrogen) atoms. The first-order chi connectivity index (χ1) is 7.70. The minimum atomic E-state index is -0.719. The van der Waals surface area contributed by atoms with Gasteiger partial charge in [-0.05, 0) is 17.8 Å². The lowest BCUT2D eigenvalue weighted by Gasteiger charge is -2.37. The Morgan fingerprint density at radius 3 is 2.47 bits per heavy atom. The summed E-state index contributed by atoms with van der Waals surface area (Å²) in [6.07, 6.45) is 1.58. The molecule has 1 atom stereocenters. The summed E-state index contributed by atoms with van der Waals surface area (Å²) in [4.78, 5) is 11.7. The summed E-state index contributed by atoms with van der Waals surface area (Å²) < 4.78 is 0. The first-order valence-corrected chi connectivity index (χ1v) is 6.40. The van der Waals surface area contributed by atoms with Gasteiger partial charge in [0, 0.05) is 26.1 Å². The van der Waals surface area contributed by atoms with Gasteiger partial charge in [0.15, 0.2) is 0 Å². The second-order valence-corrected chi connectivity index (χ2v) is 6.68. The van der Waals surface area contributed by atoms with E-state index in [1.165, 1.54) is 0 Å². The summed E-state index contributed by atoms with van der Waals surface area (Å²) in [6.45, 7) is 10.2. The Morgan fingerprint density at radius 1 is 1.47 bits per heavy atom. The highest BCUT2D eigenvalue weighted by atomic mass is 16.3. The van der Waals surface area contributed by atoms with Crippen LogP contribution in [0.25, 0.3) is 0 Å². The maximum Gasteiger partial charge on any atom is 0.220 e. The maximum atomic E-state index is 11.7. The van der Waals surface area contributed by atoms with E-state index in [1.54, 1.807) is 0 Å². The molecule has 1 fully saturated rings. The van der Waals surface area contributed by atoms with Crippen molar-refractivity contribution in [3.63, 3.8) is 0 Å². The summed E-state index contributed by atoms with van der Waals surface area (Å²) in [7, 11) is 0. The number of carbonyl (C=O) groups is 1. The molecular weight excluding hydrogens is 216 g/mol. The van der Waals surface area contributed by atoms with E-state index in [1.807, 2.05) is 0 Å². The lowest BCUT2D eigenvalue weighted by Crippen LogP contribution is -2.64. The third-order valence-electron chi connectivity index (χ3n) is 3.02. The van der Waals surface area contributed by atoms with Crippen molar-refractivity contribution in [2.75, 3.05) is 19.6 Å². The minimum Gasteiger partial charge on any atom is -0.385 e. The van der Waals surface area contributed by atoms with Crippen molar-refractivity contribution in [2.45, 2.75) is 46.1 Å². The topological polar surface area (TPSA) is 61.4 Å². The Kier molecular flexibility index (Phi) is 4.55. The van der Waals surface area contributed by atoms with Crippen molar-refractivity contribution < 1.29 is 9.90 Å². The molecule has 1 aliphatic heterocycles. The summed E-state index contributed by atoms with van der Waals surface area (Å²) in [5, 5.41) is 15.6. The lowest BCUT2D eigenvalue weighted by molar-refractivity contribution is -0.123. The Bertz CT molecular complexity index is 267. The first kappa shape index (κ1) is 14.5. The maximum absolute atomic E-state index is 11.7. The predicted molar refractivity (Wildman–Crippen MR) is 68.7 cm³/mol. The summed E-state index contributed by atoms with van der Waals surface area (Å²) in [5.41, 5.74) is -0.460. The van der Waals surface area contributed by atoms with E-state index in [9.17, 15) is 9.90 Å². The van der Waals surface area contributed by atoms with Crippen LogP contribution in [0.15, 0.2) is 0 Å². The van der Waals surface area contributed by atoms with Crippen LogP contribution in [0, 0.1) is 11.3 Å². The van der Waals surface area contributed by atoms with Crippen molar-refractivity contribution in [1.29, 1.82) is 0 Å². The van der Waals surface area contributed by atoms with Crippen LogP contribution in [-0.4, -0.2) is 36.2 Å². The molecule has 4 heteroatoms. The molecular formula is C13H26N2O2. The molecule has 1 saturated heterocycles. The zero-order valence-electron chi connectivity index (χ0n) is 11.5. The van der Waals surface area contributed by atoms with E-state index < -0.39 is 5.60 Å². The van der Waals surface area contributed by atoms with Gasteiger partial charge in [0.05, 0.1) is 0 Å². The molecule has 4 nitrogen and oxygen atoms in total. The second-order valence-electron chi connectivity index (χ2n) is 6.68. The number of β-amino-alcohol motifs (C(OH)–C–C–N with tert-alkyl or cyclic N) is 1. The van der Waals surface area contributed by atoms with Crippen LogP contribution in [0.1, 0.15) is 40.5 Å². The van der Waals surface area contributed by atoms with Crippen LogP contribution < -0.4 is 10.6 Å². The fourth-order valence-corrected chi connectivity index (χ4v) is 2.31. The van der Waals surface area contributed by atoms with E-state index in [2.05, 4.69) is 38.3 Å². The van der Waals surface area contributed by atoms with Crippen LogP contribution in [0.4, 0.5) is 0 Å². The van der Waals surface area contributed by atoms with Gasteiger partial charge in [0.25, 0.3) is 0 Å². The highest BCUT2D eigenvalue weighted by Gasteiger charge is 2.34. The molecule has 100 valence electrons. The molecule has 0 saturated carbocycles. The van der Waals surface area contributed by atoms with Crippen LogP contribution in [-0.2, 0) is 4.79 Å². The smallest absolute Gasteiger partial charge is 0.220 e. The third kappa shape index (κ3) is 5.50. The summed E-state index contributed by atoms with van der Waals surface area (Å²) in [5.74, 6) is 0.422. The number of rotatable bonds is 5. The zero-order chi connectivity index (χ0) is 13.1. The molecule has 0 aliphatic carbocycles. The van der Waals surface area contributed by atoms with Gasteiger partial charge in [-0.3, -0.25) is 4.79 Å². The highest BCUT2D eigenvalue weighted by molar-refractivity contribution is 5.76. The van der Waals surface area contributed by atoms with E-state index in [4.69, 9.17) is 0 Å². The van der Waals surface area contributed by atoms with Crippen LogP contribution in [0.2, 0.25) is 0 Å². The van der Waals surface area contributed by atoms with Crippen molar-refractivity contribution in [1.82, 2.24) is 10.6 Å². The van der Waals surface area contributed by atoms with Crippen molar-refractivity contribution in [3.8, 4) is 0 Å². The van der Waals surface area contributed by atoms with E-state index in [0.29, 0.717) is 32.0 Å². The van der Waals surface area contributed by atoms with Crippen molar-refractivity contribution >= 4 is 5.91 Å². The third-order valence-corrected chi connectivity index (χ3v) is 3.02. The predicted octanol–water partition coefficient (Wildman–Crippen LogP) is 0.899. The molecule has 3 N–H and O–H groups in total. The molecule has 0 aromatic heterocycles. The Morgan fingerprint density at radius 2 is 2.06 bits per heavy atom. The largest absolute Gasteiger partial charge is 0.385 e. The Balaban J connectivity index is 2.20. The van der Waals surface area contributed by atoms with Crippen molar-refractivity contribution in [3.05, 3.63) is 0 Å². The van der Waals surface area contributed by atoms with E-state index >= 15 is 0 Å². The average molecular weight is 242 g/mol. The number of amides is 1. The number of aliphatic hydroxyl groups is 1. The number of hydrogen-bond acceptors (Lipinski definition) is 3. The van der Waals surface area contributed by atoms with E-state index in [-0.39, 0.29) is 11.3 Å². The fourth-order valence-electron chi connectivity index (χ4n) is 2.31. The number of hydrogen-bond donors (Lipinski definition) is 3. The van der Waals surface area contributed by atoms with Gasteiger partial charge in [-0.15, -0.1) is 0 Å². The van der Waals surface area contributed by atoms with Gasteiger partial charge in [-0.25, -0.2) is 0 Å². The Labute approximate surface area is 104 Å². The number of carbonyl (C=O) groups excluding carboxylic acids is 1.